The zero-order chi connectivity index (χ0) is 17.2. The Hall–Kier alpha value is -2.32. The van der Waals surface area contributed by atoms with E-state index in [1.165, 1.54) is 4.31 Å². The highest BCUT2D eigenvalue weighted by atomic mass is 32.2. The van der Waals surface area contributed by atoms with Crippen molar-refractivity contribution < 1.29 is 17.6 Å². The molecule has 1 aromatic heterocycles. The van der Waals surface area contributed by atoms with Gasteiger partial charge in [0.25, 0.3) is 5.91 Å². The molecule has 1 aliphatic rings. The predicted molar refractivity (Wildman–Crippen MR) is 91.4 cm³/mol. The van der Waals surface area contributed by atoms with Gasteiger partial charge in [0.05, 0.1) is 5.69 Å². The summed E-state index contributed by atoms with van der Waals surface area (Å²) in [5.74, 6) is 0.659. The molecule has 7 nitrogen and oxygen atoms in total. The van der Waals surface area contributed by atoms with Gasteiger partial charge in [-0.05, 0) is 42.8 Å². The summed E-state index contributed by atoms with van der Waals surface area (Å²) in [6.07, 6.45) is 1.47. The average Bonchev–Trinajstić information content (AvgIpc) is 3.05. The van der Waals surface area contributed by atoms with Crippen molar-refractivity contribution in [1.29, 1.82) is 0 Å². The lowest BCUT2D eigenvalue weighted by Crippen LogP contribution is -2.47. The van der Waals surface area contributed by atoms with Gasteiger partial charge in [-0.1, -0.05) is 6.92 Å². The van der Waals surface area contributed by atoms with Crippen molar-refractivity contribution >= 4 is 27.5 Å². The molecule has 24 heavy (non-hydrogen) atoms. The second kappa shape index (κ2) is 6.66. The molecule has 8 heteroatoms. The van der Waals surface area contributed by atoms with Crippen molar-refractivity contribution in [2.24, 2.45) is 0 Å². The Morgan fingerprint density at radius 1 is 1.25 bits per heavy atom. The van der Waals surface area contributed by atoms with Crippen LogP contribution in [0.1, 0.15) is 29.7 Å². The van der Waals surface area contributed by atoms with Crippen molar-refractivity contribution in [3.63, 3.8) is 0 Å². The van der Waals surface area contributed by atoms with Crippen molar-refractivity contribution in [3.8, 4) is 0 Å². The monoisotopic (exact) mass is 349 g/mol. The summed E-state index contributed by atoms with van der Waals surface area (Å²) < 4.78 is 33.2. The quantitative estimate of drug-likeness (QED) is 0.885. The van der Waals surface area contributed by atoms with Crippen LogP contribution in [0.2, 0.25) is 0 Å². The molecule has 1 aromatic carbocycles. The Labute approximate surface area is 140 Å². The fourth-order valence-electron chi connectivity index (χ4n) is 2.48. The summed E-state index contributed by atoms with van der Waals surface area (Å²) in [4.78, 5) is 12.1. The van der Waals surface area contributed by atoms with Crippen molar-refractivity contribution in [2.45, 2.75) is 19.8 Å². The van der Waals surface area contributed by atoms with Crippen molar-refractivity contribution in [3.05, 3.63) is 47.9 Å². The highest BCUT2D eigenvalue weighted by Crippen LogP contribution is 2.22. The van der Waals surface area contributed by atoms with Crippen LogP contribution >= 0.6 is 0 Å². The molecule has 0 bridgehead atoms. The van der Waals surface area contributed by atoms with Gasteiger partial charge in [-0.25, -0.2) is 0 Å². The number of aryl methyl sites for hydroxylation is 1. The highest BCUT2D eigenvalue weighted by Gasteiger charge is 2.25. The largest absolute Gasteiger partial charge is 0.456 e. The number of hydrogen-bond acceptors (Lipinski definition) is 4. The number of benzene rings is 1. The van der Waals surface area contributed by atoms with Crippen LogP contribution in [-0.2, 0) is 16.6 Å². The number of nitrogens with zero attached hydrogens (tertiary/aromatic N) is 1. The summed E-state index contributed by atoms with van der Waals surface area (Å²) in [5.41, 5.74) is 1.13. The van der Waals surface area contributed by atoms with E-state index in [1.54, 1.807) is 36.4 Å². The Morgan fingerprint density at radius 3 is 2.62 bits per heavy atom. The summed E-state index contributed by atoms with van der Waals surface area (Å²) in [6, 6.07) is 10.1. The van der Waals surface area contributed by atoms with Gasteiger partial charge in [0.15, 0.2) is 5.76 Å². The Kier molecular flexibility index (Phi) is 4.59. The summed E-state index contributed by atoms with van der Waals surface area (Å²) >= 11 is 0. The van der Waals surface area contributed by atoms with Crippen molar-refractivity contribution in [2.75, 3.05) is 22.7 Å². The van der Waals surface area contributed by atoms with E-state index in [0.29, 0.717) is 24.5 Å². The molecule has 1 saturated heterocycles. The van der Waals surface area contributed by atoms with Gasteiger partial charge in [-0.2, -0.15) is 13.1 Å². The van der Waals surface area contributed by atoms with Crippen LogP contribution < -0.4 is 14.3 Å². The van der Waals surface area contributed by atoms with Gasteiger partial charge in [0.1, 0.15) is 5.76 Å². The third-order valence-electron chi connectivity index (χ3n) is 3.76. The number of amides is 1. The summed E-state index contributed by atoms with van der Waals surface area (Å²) in [5, 5.41) is 2.73. The first-order valence-electron chi connectivity index (χ1n) is 7.77. The zero-order valence-electron chi connectivity index (χ0n) is 13.3. The molecule has 1 fully saturated rings. The minimum atomic E-state index is -3.47. The van der Waals surface area contributed by atoms with Crippen LogP contribution in [-0.4, -0.2) is 27.4 Å². The van der Waals surface area contributed by atoms with E-state index in [4.69, 9.17) is 4.42 Å². The minimum Gasteiger partial charge on any atom is -0.456 e. The molecule has 0 atom stereocenters. The van der Waals surface area contributed by atoms with Gasteiger partial charge in [-0.3, -0.25) is 9.10 Å². The zero-order valence-corrected chi connectivity index (χ0v) is 14.1. The molecule has 0 spiro atoms. The third-order valence-corrected chi connectivity index (χ3v) is 5.30. The van der Waals surface area contributed by atoms with E-state index in [-0.39, 0.29) is 11.7 Å². The number of anilines is 2. The summed E-state index contributed by atoms with van der Waals surface area (Å²) in [7, 11) is -3.47. The highest BCUT2D eigenvalue weighted by molar-refractivity contribution is 7.90. The van der Waals surface area contributed by atoms with Crippen LogP contribution in [0.3, 0.4) is 0 Å². The second-order valence-corrected chi connectivity index (χ2v) is 7.13. The van der Waals surface area contributed by atoms with E-state index in [1.807, 2.05) is 6.92 Å². The molecular weight excluding hydrogens is 330 g/mol. The van der Waals surface area contributed by atoms with E-state index in [9.17, 15) is 13.2 Å². The molecule has 1 amide bonds. The molecule has 0 radical (unpaired) electrons. The maximum absolute atomic E-state index is 12.1. The topological polar surface area (TPSA) is 91.7 Å². The number of rotatable bonds is 4. The van der Waals surface area contributed by atoms with Gasteiger partial charge in [-0.15, -0.1) is 0 Å². The SMILES string of the molecule is CCc1ccc(C(=O)Nc2ccc(N3CCCNS3(=O)=O)cc2)o1. The van der Waals surface area contributed by atoms with Crippen LogP contribution in [0.5, 0.6) is 0 Å². The van der Waals surface area contributed by atoms with Gasteiger partial charge in [0.2, 0.25) is 0 Å². The molecule has 0 saturated carbocycles. The van der Waals surface area contributed by atoms with Crippen LogP contribution in [0.15, 0.2) is 40.8 Å². The maximum Gasteiger partial charge on any atom is 0.301 e. The fraction of sp³-hybridized carbons (Fsp3) is 0.312. The van der Waals surface area contributed by atoms with Crippen LogP contribution in [0.4, 0.5) is 11.4 Å². The van der Waals surface area contributed by atoms with Crippen LogP contribution in [0.25, 0.3) is 0 Å². The smallest absolute Gasteiger partial charge is 0.301 e. The number of furan rings is 1. The Balaban J connectivity index is 1.71. The number of nitrogens with one attached hydrogen (secondary N) is 2. The molecule has 128 valence electrons. The lowest BCUT2D eigenvalue weighted by atomic mass is 10.2. The predicted octanol–water partition coefficient (Wildman–Crippen LogP) is 2.14. The average molecular weight is 349 g/mol. The minimum absolute atomic E-state index is 0.249. The van der Waals surface area contributed by atoms with Gasteiger partial charge < -0.3 is 9.73 Å². The van der Waals surface area contributed by atoms with E-state index >= 15 is 0 Å². The first-order valence-corrected chi connectivity index (χ1v) is 9.21. The molecule has 1 aliphatic heterocycles. The Bertz CT molecular complexity index is 827. The first-order chi connectivity index (χ1) is 11.5. The van der Waals surface area contributed by atoms with Crippen molar-refractivity contribution in [1.82, 2.24) is 4.72 Å². The lowest BCUT2D eigenvalue weighted by Gasteiger charge is -2.28. The number of carbonyl (C=O) groups is 1. The second-order valence-electron chi connectivity index (χ2n) is 5.45. The maximum atomic E-state index is 12.1. The first kappa shape index (κ1) is 16.5. The number of carbonyl (C=O) groups excluding carboxylic acids is 1. The molecule has 2 aromatic rings. The molecule has 0 unspecified atom stereocenters. The normalized spacial score (nSPS) is 16.8. The molecular formula is C16H19N3O4S. The van der Waals surface area contributed by atoms with E-state index < -0.39 is 10.2 Å². The molecule has 2 N–H and O–H groups in total. The fourth-order valence-corrected chi connectivity index (χ4v) is 3.81. The Morgan fingerprint density at radius 2 is 2.00 bits per heavy atom. The van der Waals surface area contributed by atoms with E-state index in [2.05, 4.69) is 10.0 Å². The molecule has 2 heterocycles. The van der Waals surface area contributed by atoms with Gasteiger partial charge >= 0.3 is 10.2 Å². The standard InChI is InChI=1S/C16H19N3O4S/c1-2-14-8-9-15(23-14)16(20)18-12-4-6-13(7-5-12)19-11-3-10-17-24(19,21)22/h4-9,17H,2-3,10-11H2,1H3,(H,18,20). The lowest BCUT2D eigenvalue weighted by molar-refractivity contribution is 0.0995. The summed E-state index contributed by atoms with van der Waals surface area (Å²) in [6.45, 7) is 2.84. The third kappa shape index (κ3) is 3.44. The van der Waals surface area contributed by atoms with Gasteiger partial charge in [0, 0.05) is 25.2 Å². The molecule has 3 rings (SSSR count). The molecule has 0 aliphatic carbocycles. The van der Waals surface area contributed by atoms with Crippen LogP contribution in [0, 0.1) is 0 Å². The van der Waals surface area contributed by atoms with E-state index in [0.717, 1.165) is 18.6 Å². The number of hydrogen-bond donors (Lipinski definition) is 2.